The zero-order valence-electron chi connectivity index (χ0n) is 6.96. The van der Waals surface area contributed by atoms with Crippen LogP contribution in [0.2, 0.25) is 0 Å². The maximum absolute atomic E-state index is 5.59. The van der Waals surface area contributed by atoms with Gasteiger partial charge in [0, 0.05) is 24.8 Å². The Morgan fingerprint density at radius 2 is 2.15 bits per heavy atom. The molecule has 2 aromatic rings. The zero-order valence-corrected chi connectivity index (χ0v) is 6.96. The molecule has 5 heteroatoms. The number of hydrogen-bond donors (Lipinski definition) is 1. The lowest BCUT2D eigenvalue weighted by Gasteiger charge is -2.02. The molecule has 0 aliphatic heterocycles. The van der Waals surface area contributed by atoms with Crippen molar-refractivity contribution in [2.24, 2.45) is 0 Å². The number of rotatable bonds is 2. The van der Waals surface area contributed by atoms with Crippen LogP contribution in [0, 0.1) is 0 Å². The fourth-order valence-electron chi connectivity index (χ4n) is 1.06. The summed E-state index contributed by atoms with van der Waals surface area (Å²) in [6.07, 6.45) is 8.47. The Morgan fingerprint density at radius 3 is 2.77 bits per heavy atom. The van der Waals surface area contributed by atoms with Gasteiger partial charge >= 0.3 is 0 Å². The van der Waals surface area contributed by atoms with E-state index >= 15 is 0 Å². The molecule has 0 radical (unpaired) electrons. The van der Waals surface area contributed by atoms with E-state index in [1.165, 1.54) is 0 Å². The predicted octanol–water partition coefficient (Wildman–Crippen LogP) is 0.304. The summed E-state index contributed by atoms with van der Waals surface area (Å²) < 4.78 is 1.81. The number of hydrogen-bond acceptors (Lipinski definition) is 4. The van der Waals surface area contributed by atoms with Gasteiger partial charge in [-0.15, -0.1) is 0 Å². The molecule has 0 unspecified atom stereocenters. The molecule has 2 heterocycles. The van der Waals surface area contributed by atoms with E-state index in [1.807, 2.05) is 10.8 Å². The van der Waals surface area contributed by atoms with Crippen LogP contribution in [-0.2, 0) is 6.54 Å². The molecule has 2 rings (SSSR count). The smallest absolute Gasteiger partial charge is 0.200 e. The van der Waals surface area contributed by atoms with Crippen LogP contribution in [0.25, 0.3) is 0 Å². The molecular weight excluding hydrogens is 166 g/mol. The van der Waals surface area contributed by atoms with Crippen molar-refractivity contribution in [3.05, 3.63) is 36.7 Å². The lowest BCUT2D eigenvalue weighted by molar-refractivity contribution is 0.779. The fraction of sp³-hybridized carbons (Fsp3) is 0.125. The predicted molar refractivity (Wildman–Crippen MR) is 47.8 cm³/mol. The minimum absolute atomic E-state index is 0.491. The molecule has 0 aliphatic carbocycles. The van der Waals surface area contributed by atoms with Crippen molar-refractivity contribution in [3.8, 4) is 0 Å². The van der Waals surface area contributed by atoms with Gasteiger partial charge in [0.25, 0.3) is 0 Å². The van der Waals surface area contributed by atoms with Crippen LogP contribution in [-0.4, -0.2) is 19.5 Å². The second kappa shape index (κ2) is 3.22. The van der Waals surface area contributed by atoms with Crippen LogP contribution >= 0.6 is 0 Å². The first-order valence-corrected chi connectivity index (χ1v) is 3.88. The van der Waals surface area contributed by atoms with Gasteiger partial charge in [-0.25, -0.2) is 4.98 Å². The van der Waals surface area contributed by atoms with Crippen molar-refractivity contribution in [3.63, 3.8) is 0 Å². The molecule has 0 aromatic carbocycles. The lowest BCUT2D eigenvalue weighted by atomic mass is 10.4. The van der Waals surface area contributed by atoms with Gasteiger partial charge < -0.3 is 10.3 Å². The molecule has 0 amide bonds. The zero-order chi connectivity index (χ0) is 9.10. The number of nitrogen functional groups attached to an aromatic ring is 1. The topological polar surface area (TPSA) is 69.6 Å². The summed E-state index contributed by atoms with van der Waals surface area (Å²) in [5, 5.41) is 0. The number of anilines is 1. The molecule has 0 spiro atoms. The van der Waals surface area contributed by atoms with E-state index < -0.39 is 0 Å². The van der Waals surface area contributed by atoms with E-state index in [2.05, 4.69) is 15.0 Å². The van der Waals surface area contributed by atoms with Crippen LogP contribution in [0.5, 0.6) is 0 Å². The summed E-state index contributed by atoms with van der Waals surface area (Å²) in [6.45, 7) is 0.611. The molecule has 2 N–H and O–H groups in total. The molecule has 66 valence electrons. The Bertz CT molecular complexity index is 380. The minimum atomic E-state index is 0.491. The van der Waals surface area contributed by atoms with Crippen LogP contribution in [0.4, 0.5) is 5.95 Å². The fourth-order valence-corrected chi connectivity index (χ4v) is 1.06. The summed E-state index contributed by atoms with van der Waals surface area (Å²) in [4.78, 5) is 12.0. The summed E-state index contributed by atoms with van der Waals surface area (Å²) in [7, 11) is 0. The number of aromatic nitrogens is 4. The van der Waals surface area contributed by atoms with Gasteiger partial charge in [0.05, 0.1) is 18.4 Å². The Labute approximate surface area is 75.3 Å². The molecule has 0 fully saturated rings. The normalized spacial score (nSPS) is 10.2. The van der Waals surface area contributed by atoms with Crippen molar-refractivity contribution in [1.82, 2.24) is 19.5 Å². The number of nitrogens with two attached hydrogens (primary N) is 1. The number of imidazole rings is 1. The van der Waals surface area contributed by atoms with Crippen LogP contribution < -0.4 is 5.73 Å². The standard InChI is InChI=1S/C8H9N5/c9-8-12-3-4-13(8)6-7-5-10-1-2-11-7/h1-5H,6H2,(H2,9,12). The first-order valence-electron chi connectivity index (χ1n) is 3.88. The molecule has 0 bridgehead atoms. The Hall–Kier alpha value is -1.91. The maximum Gasteiger partial charge on any atom is 0.200 e. The Morgan fingerprint density at radius 1 is 1.23 bits per heavy atom. The first-order chi connectivity index (χ1) is 6.36. The van der Waals surface area contributed by atoms with Crippen LogP contribution in [0.1, 0.15) is 5.69 Å². The van der Waals surface area contributed by atoms with E-state index in [9.17, 15) is 0 Å². The Balaban J connectivity index is 2.20. The van der Waals surface area contributed by atoms with Crippen molar-refractivity contribution in [2.45, 2.75) is 6.54 Å². The summed E-state index contributed by atoms with van der Waals surface area (Å²) in [5.74, 6) is 0.491. The molecular formula is C8H9N5. The van der Waals surface area contributed by atoms with Gasteiger partial charge in [-0.1, -0.05) is 0 Å². The van der Waals surface area contributed by atoms with E-state index in [-0.39, 0.29) is 0 Å². The summed E-state index contributed by atoms with van der Waals surface area (Å²) in [5.41, 5.74) is 6.46. The SMILES string of the molecule is Nc1nccn1Cc1cnccn1. The van der Waals surface area contributed by atoms with Gasteiger partial charge in [0.2, 0.25) is 0 Å². The first kappa shape index (κ1) is 7.72. The van der Waals surface area contributed by atoms with E-state index in [0.29, 0.717) is 12.5 Å². The quantitative estimate of drug-likeness (QED) is 0.712. The monoisotopic (exact) mass is 175 g/mol. The van der Waals surface area contributed by atoms with E-state index in [1.54, 1.807) is 24.8 Å². The van der Waals surface area contributed by atoms with Gasteiger partial charge in [-0.3, -0.25) is 9.97 Å². The van der Waals surface area contributed by atoms with Crippen molar-refractivity contribution < 1.29 is 0 Å². The minimum Gasteiger partial charge on any atom is -0.369 e. The van der Waals surface area contributed by atoms with Crippen LogP contribution in [0.3, 0.4) is 0 Å². The third-order valence-corrected chi connectivity index (χ3v) is 1.70. The molecule has 0 saturated carbocycles. The Kier molecular flexibility index (Phi) is 1.91. The molecule has 0 atom stereocenters. The van der Waals surface area contributed by atoms with E-state index in [4.69, 9.17) is 5.73 Å². The molecule has 0 aliphatic rings. The largest absolute Gasteiger partial charge is 0.369 e. The molecule has 13 heavy (non-hydrogen) atoms. The van der Waals surface area contributed by atoms with Crippen molar-refractivity contribution >= 4 is 5.95 Å². The highest BCUT2D eigenvalue weighted by Gasteiger charge is 1.99. The van der Waals surface area contributed by atoms with Gasteiger partial charge in [0.1, 0.15) is 0 Å². The highest BCUT2D eigenvalue weighted by atomic mass is 15.1. The van der Waals surface area contributed by atoms with E-state index in [0.717, 1.165) is 5.69 Å². The van der Waals surface area contributed by atoms with Gasteiger partial charge in [-0.2, -0.15) is 0 Å². The lowest BCUT2D eigenvalue weighted by Crippen LogP contribution is -2.04. The highest BCUT2D eigenvalue weighted by Crippen LogP contribution is 2.02. The molecule has 2 aromatic heterocycles. The summed E-state index contributed by atoms with van der Waals surface area (Å²) >= 11 is 0. The maximum atomic E-state index is 5.59. The molecule has 5 nitrogen and oxygen atoms in total. The van der Waals surface area contributed by atoms with Crippen molar-refractivity contribution in [1.29, 1.82) is 0 Å². The second-order valence-corrected chi connectivity index (χ2v) is 2.61. The van der Waals surface area contributed by atoms with Gasteiger partial charge in [-0.05, 0) is 0 Å². The average molecular weight is 175 g/mol. The molecule has 0 saturated heterocycles. The van der Waals surface area contributed by atoms with Crippen molar-refractivity contribution in [2.75, 3.05) is 5.73 Å². The summed E-state index contributed by atoms with van der Waals surface area (Å²) in [6, 6.07) is 0. The second-order valence-electron chi connectivity index (χ2n) is 2.61. The third kappa shape index (κ3) is 1.64. The van der Waals surface area contributed by atoms with Gasteiger partial charge in [0.15, 0.2) is 5.95 Å². The van der Waals surface area contributed by atoms with Crippen LogP contribution in [0.15, 0.2) is 31.0 Å². The highest BCUT2D eigenvalue weighted by molar-refractivity contribution is 5.18. The number of nitrogens with zero attached hydrogens (tertiary/aromatic N) is 4. The third-order valence-electron chi connectivity index (χ3n) is 1.70. The average Bonchev–Trinajstić information content (AvgIpc) is 2.54.